The molecular formula is C4H4Na2S3. The van der Waals surface area contributed by atoms with Crippen molar-refractivity contribution in [2.24, 2.45) is 0 Å². The van der Waals surface area contributed by atoms with Crippen LogP contribution in [0.15, 0.2) is 21.6 Å². The van der Waals surface area contributed by atoms with Crippen LogP contribution >= 0.6 is 11.8 Å². The number of hydrogen-bond donors (Lipinski definition) is 0. The van der Waals surface area contributed by atoms with Crippen LogP contribution in [0.25, 0.3) is 0 Å². The van der Waals surface area contributed by atoms with Gasteiger partial charge in [0.05, 0.1) is 0 Å². The maximum atomic E-state index is 4.62. The molecule has 0 aliphatic heterocycles. The van der Waals surface area contributed by atoms with E-state index in [9.17, 15) is 0 Å². The Morgan fingerprint density at radius 3 is 2.00 bits per heavy atom. The maximum absolute atomic E-state index is 4.62. The van der Waals surface area contributed by atoms with E-state index in [1.807, 2.05) is 0 Å². The van der Waals surface area contributed by atoms with Crippen LogP contribution in [-0.4, -0.2) is 0 Å². The molecule has 0 aliphatic rings. The van der Waals surface area contributed by atoms with Crippen LogP contribution in [0.3, 0.4) is 0 Å². The first-order valence-corrected chi connectivity index (χ1v) is 3.33. The fourth-order valence-electron chi connectivity index (χ4n) is 0.104. The smallest absolute Gasteiger partial charge is 0.787 e. The summed E-state index contributed by atoms with van der Waals surface area (Å²) in [5.74, 6) is 0. The Bertz CT molecular complexity index is 91.8. The molecule has 0 spiro atoms. The van der Waals surface area contributed by atoms with E-state index in [-0.39, 0.29) is 59.1 Å². The zero-order valence-electron chi connectivity index (χ0n) is 5.59. The molecule has 9 heavy (non-hydrogen) atoms. The zero-order valence-corrected chi connectivity index (χ0v) is 12.0. The van der Waals surface area contributed by atoms with E-state index < -0.39 is 0 Å². The van der Waals surface area contributed by atoms with E-state index in [1.54, 1.807) is 5.41 Å². The minimum Gasteiger partial charge on any atom is -0.787 e. The van der Waals surface area contributed by atoms with E-state index in [0.29, 0.717) is 4.24 Å². The fraction of sp³-hybridized carbons (Fsp3) is 0. The molecule has 0 radical (unpaired) electrons. The van der Waals surface area contributed by atoms with Gasteiger partial charge in [0.1, 0.15) is 0 Å². The second-order valence-electron chi connectivity index (χ2n) is 0.762. The predicted molar refractivity (Wildman–Crippen MR) is 40.6 cm³/mol. The summed E-state index contributed by atoms with van der Waals surface area (Å²) in [6, 6.07) is 0. The number of hydrogen-bond acceptors (Lipinski definition) is 3. The Morgan fingerprint density at radius 1 is 1.44 bits per heavy atom. The SMILES string of the molecule is C=C([S-])S/C=C\[S-].[Na+].[Na+]. The van der Waals surface area contributed by atoms with E-state index >= 15 is 0 Å². The first-order valence-electron chi connectivity index (χ1n) is 1.57. The van der Waals surface area contributed by atoms with Gasteiger partial charge in [0.25, 0.3) is 0 Å². The van der Waals surface area contributed by atoms with Crippen LogP contribution in [-0.2, 0) is 25.3 Å². The van der Waals surface area contributed by atoms with Gasteiger partial charge in [-0.3, -0.25) is 0 Å². The molecule has 0 amide bonds. The monoisotopic (exact) mass is 194 g/mol. The number of thioether (sulfide) groups is 1. The minimum atomic E-state index is 0. The maximum Gasteiger partial charge on any atom is 1.00 e. The van der Waals surface area contributed by atoms with Crippen LogP contribution in [0.2, 0.25) is 0 Å². The molecular weight excluding hydrogens is 190 g/mol. The van der Waals surface area contributed by atoms with Gasteiger partial charge in [-0.05, 0) is 0 Å². The normalized spacial score (nSPS) is 7.56. The molecule has 0 aromatic rings. The quantitative estimate of drug-likeness (QED) is 0.323. The average molecular weight is 194 g/mol. The predicted octanol–water partition coefficient (Wildman–Crippen LogP) is -4.24. The summed E-state index contributed by atoms with van der Waals surface area (Å²) in [5.41, 5.74) is 0. The molecule has 0 atom stereocenters. The van der Waals surface area contributed by atoms with Crippen molar-refractivity contribution in [3.63, 3.8) is 0 Å². The molecule has 0 saturated heterocycles. The molecule has 0 heterocycles. The van der Waals surface area contributed by atoms with Gasteiger partial charge in [-0.2, -0.15) is 0 Å². The standard InChI is InChI=1S/C4H6S3.2Na/c1-4(6)7-3-2-5;;/h2-3,5-6H,1H2;;/q;2*+1/p-2/b3-2-;;. The summed E-state index contributed by atoms with van der Waals surface area (Å²) in [6.07, 6.45) is 0. The summed E-state index contributed by atoms with van der Waals surface area (Å²) in [7, 11) is 0. The second-order valence-corrected chi connectivity index (χ2v) is 2.79. The van der Waals surface area contributed by atoms with Crippen molar-refractivity contribution in [3.8, 4) is 0 Å². The molecule has 0 nitrogen and oxygen atoms in total. The molecule has 40 valence electrons. The van der Waals surface area contributed by atoms with Crippen LogP contribution in [0.1, 0.15) is 0 Å². The van der Waals surface area contributed by atoms with Gasteiger partial charge < -0.3 is 25.3 Å². The van der Waals surface area contributed by atoms with Crippen molar-refractivity contribution in [3.05, 3.63) is 21.6 Å². The largest absolute Gasteiger partial charge is 1.00 e. The third-order valence-electron chi connectivity index (χ3n) is 0.255. The molecule has 0 fully saturated rings. The van der Waals surface area contributed by atoms with Gasteiger partial charge in [-0.25, -0.2) is 5.41 Å². The zero-order chi connectivity index (χ0) is 5.70. The molecule has 0 bridgehead atoms. The molecule has 0 saturated carbocycles. The molecule has 0 N–H and O–H groups in total. The van der Waals surface area contributed by atoms with Crippen LogP contribution in [0.4, 0.5) is 0 Å². The summed E-state index contributed by atoms with van der Waals surface area (Å²) < 4.78 is 0.654. The Hall–Kier alpha value is 2.27. The van der Waals surface area contributed by atoms with Gasteiger partial charge >= 0.3 is 59.1 Å². The Morgan fingerprint density at radius 2 is 1.89 bits per heavy atom. The van der Waals surface area contributed by atoms with Gasteiger partial charge in [0.2, 0.25) is 0 Å². The average Bonchev–Trinajstić information content (AvgIpc) is 1.61. The number of rotatable bonds is 2. The van der Waals surface area contributed by atoms with Crippen LogP contribution in [0.5, 0.6) is 0 Å². The first kappa shape index (κ1) is 17.4. The van der Waals surface area contributed by atoms with Gasteiger partial charge in [-0.1, -0.05) is 5.41 Å². The summed E-state index contributed by atoms with van der Waals surface area (Å²) >= 11 is 10.5. The van der Waals surface area contributed by atoms with Crippen molar-refractivity contribution in [1.29, 1.82) is 0 Å². The molecule has 0 unspecified atom stereocenters. The Labute approximate surface area is 116 Å². The van der Waals surface area contributed by atoms with Gasteiger partial charge in [0.15, 0.2) is 0 Å². The van der Waals surface area contributed by atoms with E-state index in [2.05, 4.69) is 31.8 Å². The minimum absolute atomic E-state index is 0. The topological polar surface area (TPSA) is 0 Å². The van der Waals surface area contributed by atoms with Crippen LogP contribution < -0.4 is 59.1 Å². The van der Waals surface area contributed by atoms with Crippen molar-refractivity contribution in [2.75, 3.05) is 0 Å². The molecule has 5 heteroatoms. The fourth-order valence-corrected chi connectivity index (χ4v) is 0.644. The first-order chi connectivity index (χ1) is 3.27. The van der Waals surface area contributed by atoms with Crippen molar-refractivity contribution in [2.45, 2.75) is 0 Å². The summed E-state index contributed by atoms with van der Waals surface area (Å²) in [4.78, 5) is 0. The molecule has 0 aliphatic carbocycles. The van der Waals surface area contributed by atoms with Crippen molar-refractivity contribution in [1.82, 2.24) is 0 Å². The molecule has 0 aromatic carbocycles. The van der Waals surface area contributed by atoms with Gasteiger partial charge in [-0.15, -0.1) is 22.6 Å². The third-order valence-corrected chi connectivity index (χ3v) is 1.39. The summed E-state index contributed by atoms with van der Waals surface area (Å²) in [6.45, 7) is 3.47. The molecule has 0 aromatic heterocycles. The van der Waals surface area contributed by atoms with E-state index in [1.165, 1.54) is 17.2 Å². The summed E-state index contributed by atoms with van der Waals surface area (Å²) in [5, 5.41) is 3.24. The second kappa shape index (κ2) is 12.9. The van der Waals surface area contributed by atoms with Crippen LogP contribution in [0, 0.1) is 0 Å². The van der Waals surface area contributed by atoms with E-state index in [4.69, 9.17) is 0 Å². The third kappa shape index (κ3) is 17.9. The Kier molecular flexibility index (Phi) is 24.9. The van der Waals surface area contributed by atoms with Crippen molar-refractivity contribution < 1.29 is 59.1 Å². The van der Waals surface area contributed by atoms with Crippen molar-refractivity contribution >= 4 is 37.0 Å². The van der Waals surface area contributed by atoms with E-state index in [0.717, 1.165) is 0 Å². The Balaban J connectivity index is -0.000000180. The molecule has 0 rings (SSSR count). The van der Waals surface area contributed by atoms with Gasteiger partial charge in [0, 0.05) is 0 Å².